The predicted octanol–water partition coefficient (Wildman–Crippen LogP) is 4.84. The molecule has 0 unspecified atom stereocenters. The zero-order valence-electron chi connectivity index (χ0n) is 20.0. The van der Waals surface area contributed by atoms with Crippen LogP contribution in [0.4, 0.5) is 5.69 Å². The number of nitrogens with one attached hydrogen (secondary N) is 1. The van der Waals surface area contributed by atoms with Gasteiger partial charge in [0.25, 0.3) is 5.91 Å². The van der Waals surface area contributed by atoms with E-state index in [9.17, 15) is 13.2 Å². The van der Waals surface area contributed by atoms with Crippen molar-refractivity contribution < 1.29 is 22.7 Å². The van der Waals surface area contributed by atoms with E-state index >= 15 is 0 Å². The van der Waals surface area contributed by atoms with Crippen molar-refractivity contribution in [1.29, 1.82) is 0 Å². The Morgan fingerprint density at radius 3 is 2.49 bits per heavy atom. The second kappa shape index (κ2) is 10.5. The van der Waals surface area contributed by atoms with Crippen LogP contribution in [0.25, 0.3) is 22.2 Å². The lowest BCUT2D eigenvalue weighted by molar-refractivity contribution is 0.0730. The normalized spacial score (nSPS) is 14.4. The lowest BCUT2D eigenvalue weighted by Crippen LogP contribution is -2.40. The molecule has 0 spiro atoms. The van der Waals surface area contributed by atoms with Crippen molar-refractivity contribution in [3.63, 3.8) is 0 Å². The average Bonchev–Trinajstić information content (AvgIpc) is 2.94. The van der Waals surface area contributed by atoms with Gasteiger partial charge in [0.15, 0.2) is 0 Å². The van der Waals surface area contributed by atoms with Crippen molar-refractivity contribution in [2.24, 2.45) is 0 Å². The number of benzene rings is 3. The molecule has 1 fully saturated rings. The van der Waals surface area contributed by atoms with Crippen molar-refractivity contribution >= 4 is 44.1 Å². The molecule has 1 amide bonds. The third-order valence-electron chi connectivity index (χ3n) is 6.12. The second-order valence-corrected chi connectivity index (χ2v) is 10.7. The van der Waals surface area contributed by atoms with Crippen LogP contribution in [0.1, 0.15) is 10.4 Å². The maximum atomic E-state index is 13.5. The molecule has 0 radical (unpaired) electrons. The number of pyridine rings is 1. The highest BCUT2D eigenvalue weighted by molar-refractivity contribution is 7.89. The van der Waals surface area contributed by atoms with Crippen LogP contribution in [-0.4, -0.2) is 57.0 Å². The Morgan fingerprint density at radius 2 is 1.76 bits per heavy atom. The topological polar surface area (TPSA) is 97.8 Å². The van der Waals surface area contributed by atoms with E-state index in [1.54, 1.807) is 19.2 Å². The van der Waals surface area contributed by atoms with Gasteiger partial charge in [-0.2, -0.15) is 4.31 Å². The molecule has 8 nitrogen and oxygen atoms in total. The number of hydrogen-bond donors (Lipinski definition) is 1. The molecule has 5 rings (SSSR count). The van der Waals surface area contributed by atoms with E-state index in [1.165, 1.54) is 16.4 Å². The first-order chi connectivity index (χ1) is 17.9. The van der Waals surface area contributed by atoms with Gasteiger partial charge < -0.3 is 14.8 Å². The molecule has 4 aromatic rings. The summed E-state index contributed by atoms with van der Waals surface area (Å²) in [5.41, 5.74) is 2.83. The molecule has 1 saturated heterocycles. The Balaban J connectivity index is 1.50. The zero-order valence-corrected chi connectivity index (χ0v) is 21.6. The second-order valence-electron chi connectivity index (χ2n) is 8.42. The molecule has 0 saturated carbocycles. The summed E-state index contributed by atoms with van der Waals surface area (Å²) in [6.45, 7) is 1.12. The maximum Gasteiger partial charge on any atom is 0.256 e. The number of halogens is 1. The van der Waals surface area contributed by atoms with Crippen LogP contribution in [0, 0.1) is 0 Å². The Hall–Kier alpha value is -3.50. The number of fused-ring (bicyclic) bond motifs is 1. The standard InChI is InChI=1S/C27H24ClN3O5S/c1-35-20-9-6-18(7-10-20)25-17-22(21-4-2-3-5-24(21)30-25)27(32)29-19-8-11-23(28)26(16-19)37(33,34)31-12-14-36-15-13-31/h2-11,16-17H,12-15H2,1H3,(H,29,32). The molecule has 0 bridgehead atoms. The van der Waals surface area contributed by atoms with Gasteiger partial charge in [-0.25, -0.2) is 13.4 Å². The van der Waals surface area contributed by atoms with E-state index in [2.05, 4.69) is 5.32 Å². The number of sulfonamides is 1. The summed E-state index contributed by atoms with van der Waals surface area (Å²) in [5.74, 6) is 0.318. The van der Waals surface area contributed by atoms with Crippen LogP contribution >= 0.6 is 11.6 Å². The van der Waals surface area contributed by atoms with Crippen molar-refractivity contribution in [3.05, 3.63) is 83.4 Å². The minimum Gasteiger partial charge on any atom is -0.497 e. The summed E-state index contributed by atoms with van der Waals surface area (Å²) in [6.07, 6.45) is 0. The number of morpholine rings is 1. The van der Waals surface area contributed by atoms with Crippen LogP contribution in [0.5, 0.6) is 5.75 Å². The van der Waals surface area contributed by atoms with E-state index in [-0.39, 0.29) is 23.0 Å². The van der Waals surface area contributed by atoms with Gasteiger partial charge in [0.2, 0.25) is 10.0 Å². The predicted molar refractivity (Wildman–Crippen MR) is 143 cm³/mol. The van der Waals surface area contributed by atoms with E-state index in [1.807, 2.05) is 48.5 Å². The van der Waals surface area contributed by atoms with E-state index in [0.29, 0.717) is 46.8 Å². The van der Waals surface area contributed by atoms with Crippen LogP contribution in [0.3, 0.4) is 0 Å². The molecule has 3 aromatic carbocycles. The molecule has 1 aliphatic rings. The fourth-order valence-electron chi connectivity index (χ4n) is 4.18. The van der Waals surface area contributed by atoms with E-state index < -0.39 is 15.9 Å². The van der Waals surface area contributed by atoms with Crippen molar-refractivity contribution in [1.82, 2.24) is 9.29 Å². The van der Waals surface area contributed by atoms with Crippen LogP contribution < -0.4 is 10.1 Å². The molecular weight excluding hydrogens is 514 g/mol. The van der Waals surface area contributed by atoms with Crippen LogP contribution in [0.15, 0.2) is 77.7 Å². The number of para-hydroxylation sites is 1. The van der Waals surface area contributed by atoms with Crippen molar-refractivity contribution in [2.45, 2.75) is 4.90 Å². The van der Waals surface area contributed by atoms with Crippen molar-refractivity contribution in [2.75, 3.05) is 38.7 Å². The first-order valence-electron chi connectivity index (χ1n) is 11.6. The fourth-order valence-corrected chi connectivity index (χ4v) is 6.08. The fraction of sp³-hybridized carbons (Fsp3) is 0.185. The lowest BCUT2D eigenvalue weighted by Gasteiger charge is -2.26. The maximum absolute atomic E-state index is 13.5. The summed E-state index contributed by atoms with van der Waals surface area (Å²) in [6, 6.07) is 20.9. The monoisotopic (exact) mass is 537 g/mol. The molecule has 0 atom stereocenters. The summed E-state index contributed by atoms with van der Waals surface area (Å²) in [5, 5.41) is 3.59. The number of nitrogens with zero attached hydrogens (tertiary/aromatic N) is 2. The number of methoxy groups -OCH3 is 1. The Labute approximate surface area is 219 Å². The van der Waals surface area contributed by atoms with E-state index in [4.69, 9.17) is 26.1 Å². The molecule has 37 heavy (non-hydrogen) atoms. The van der Waals surface area contributed by atoms with Crippen LogP contribution in [0.2, 0.25) is 5.02 Å². The molecule has 10 heteroatoms. The summed E-state index contributed by atoms with van der Waals surface area (Å²) >= 11 is 6.27. The number of anilines is 1. The molecular formula is C27H24ClN3O5S. The lowest BCUT2D eigenvalue weighted by atomic mass is 10.0. The number of aromatic nitrogens is 1. The number of amides is 1. The van der Waals surface area contributed by atoms with Gasteiger partial charge in [-0.15, -0.1) is 0 Å². The molecule has 1 aromatic heterocycles. The molecule has 190 valence electrons. The first kappa shape index (κ1) is 25.2. The zero-order chi connectivity index (χ0) is 26.0. The summed E-state index contributed by atoms with van der Waals surface area (Å²) < 4.78 is 38.2. The Kier molecular flexibility index (Phi) is 7.12. The highest BCUT2D eigenvalue weighted by atomic mass is 35.5. The van der Waals surface area contributed by atoms with Gasteiger partial charge in [-0.1, -0.05) is 29.8 Å². The molecule has 2 heterocycles. The quantitative estimate of drug-likeness (QED) is 0.378. The number of ether oxygens (including phenoxy) is 2. The molecule has 1 N–H and O–H groups in total. The highest BCUT2D eigenvalue weighted by Gasteiger charge is 2.29. The van der Waals surface area contributed by atoms with Crippen molar-refractivity contribution in [3.8, 4) is 17.0 Å². The molecule has 1 aliphatic heterocycles. The third-order valence-corrected chi connectivity index (χ3v) is 8.50. The SMILES string of the molecule is COc1ccc(-c2cc(C(=O)Nc3ccc(Cl)c(S(=O)(=O)N4CCOCC4)c3)c3ccccc3n2)cc1. The highest BCUT2D eigenvalue weighted by Crippen LogP contribution is 2.30. The Morgan fingerprint density at radius 1 is 1.03 bits per heavy atom. The number of rotatable bonds is 6. The van der Waals surface area contributed by atoms with Crippen LogP contribution in [-0.2, 0) is 14.8 Å². The minimum atomic E-state index is -3.85. The first-order valence-corrected chi connectivity index (χ1v) is 13.4. The smallest absolute Gasteiger partial charge is 0.256 e. The molecule has 0 aliphatic carbocycles. The largest absolute Gasteiger partial charge is 0.497 e. The van der Waals surface area contributed by atoms with Gasteiger partial charge in [0, 0.05) is 29.7 Å². The summed E-state index contributed by atoms with van der Waals surface area (Å²) in [7, 11) is -2.25. The number of carbonyl (C=O) groups is 1. The summed E-state index contributed by atoms with van der Waals surface area (Å²) in [4.78, 5) is 18.2. The van der Waals surface area contributed by atoms with Gasteiger partial charge in [0.1, 0.15) is 10.6 Å². The Bertz CT molecular complexity index is 1570. The van der Waals surface area contributed by atoms with Gasteiger partial charge in [0.05, 0.1) is 42.1 Å². The number of carbonyl (C=O) groups excluding carboxylic acids is 1. The van der Waals surface area contributed by atoms with Gasteiger partial charge in [-0.05, 0) is 54.6 Å². The average molecular weight is 538 g/mol. The number of hydrogen-bond acceptors (Lipinski definition) is 6. The van der Waals surface area contributed by atoms with Gasteiger partial charge in [-0.3, -0.25) is 4.79 Å². The third kappa shape index (κ3) is 5.17. The minimum absolute atomic E-state index is 0.0626. The van der Waals surface area contributed by atoms with Gasteiger partial charge >= 0.3 is 0 Å². The van der Waals surface area contributed by atoms with E-state index in [0.717, 1.165) is 5.56 Å².